The summed E-state index contributed by atoms with van der Waals surface area (Å²) in [7, 11) is -3.14. The van der Waals surface area contributed by atoms with Crippen molar-refractivity contribution in [3.63, 3.8) is 0 Å². The largest absolute Gasteiger partial charge is 0.224 e. The fourth-order valence-corrected chi connectivity index (χ4v) is 5.06. The van der Waals surface area contributed by atoms with Crippen LogP contribution in [0.15, 0.2) is 67.3 Å². The Kier molecular flexibility index (Phi) is 12.6. The van der Waals surface area contributed by atoms with Gasteiger partial charge in [-0.3, -0.25) is 0 Å². The number of sulfone groups is 1. The number of rotatable bonds is 8. The van der Waals surface area contributed by atoms with Crippen LogP contribution >= 0.6 is 66.8 Å². The lowest BCUT2D eigenvalue weighted by molar-refractivity contribution is 0.595. The molecule has 0 heterocycles. The van der Waals surface area contributed by atoms with E-state index < -0.39 is 9.84 Å². The normalized spacial score (nSPS) is 10.9. The summed E-state index contributed by atoms with van der Waals surface area (Å²) in [4.78, 5) is 1.66. The SMILES string of the molecule is ClCCCSc1ccc(Br)cc1.O=S(=O)(CCCCl)c1ccc(Br)cc1. The maximum Gasteiger partial charge on any atom is 0.178 e. The summed E-state index contributed by atoms with van der Waals surface area (Å²) in [5.41, 5.74) is 0. The van der Waals surface area contributed by atoms with Crippen LogP contribution in [-0.2, 0) is 9.84 Å². The van der Waals surface area contributed by atoms with Gasteiger partial charge in [-0.2, -0.15) is 0 Å². The van der Waals surface area contributed by atoms with E-state index in [-0.39, 0.29) is 5.75 Å². The Morgan fingerprint density at radius 1 is 0.808 bits per heavy atom. The summed E-state index contributed by atoms with van der Waals surface area (Å²) in [5, 5.41) is 0. The van der Waals surface area contributed by atoms with Gasteiger partial charge >= 0.3 is 0 Å². The van der Waals surface area contributed by atoms with Gasteiger partial charge in [0.05, 0.1) is 10.6 Å². The van der Waals surface area contributed by atoms with E-state index in [9.17, 15) is 8.42 Å². The first kappa shape index (κ1) is 24.3. The molecule has 144 valence electrons. The number of alkyl halides is 2. The van der Waals surface area contributed by atoms with Crippen LogP contribution in [0.4, 0.5) is 0 Å². The predicted octanol–water partition coefficient (Wildman–Crippen LogP) is 7.02. The van der Waals surface area contributed by atoms with Crippen LogP contribution in [0.5, 0.6) is 0 Å². The van der Waals surface area contributed by atoms with Gasteiger partial charge in [0.25, 0.3) is 0 Å². The van der Waals surface area contributed by atoms with E-state index in [1.165, 1.54) is 4.90 Å². The minimum Gasteiger partial charge on any atom is -0.224 e. The second-order valence-corrected chi connectivity index (χ2v) is 11.0. The highest BCUT2D eigenvalue weighted by molar-refractivity contribution is 9.10. The number of thioether (sulfide) groups is 1. The quantitative estimate of drug-likeness (QED) is 0.197. The molecule has 0 bridgehead atoms. The maximum absolute atomic E-state index is 11.6. The topological polar surface area (TPSA) is 34.1 Å². The van der Waals surface area contributed by atoms with Crippen molar-refractivity contribution in [2.24, 2.45) is 0 Å². The van der Waals surface area contributed by atoms with Gasteiger partial charge in [0.2, 0.25) is 0 Å². The average Bonchev–Trinajstić information content (AvgIpc) is 2.63. The van der Waals surface area contributed by atoms with E-state index in [0.29, 0.717) is 17.2 Å². The second-order valence-electron chi connectivity index (χ2n) is 5.16. The molecule has 0 aromatic heterocycles. The van der Waals surface area contributed by atoms with Crippen LogP contribution in [0.2, 0.25) is 0 Å². The summed E-state index contributed by atoms with van der Waals surface area (Å²) in [6, 6.07) is 15.0. The fourth-order valence-electron chi connectivity index (χ4n) is 1.78. The molecule has 2 rings (SSSR count). The van der Waals surface area contributed by atoms with E-state index in [1.54, 1.807) is 24.3 Å². The Balaban J connectivity index is 0.000000263. The molecular formula is C18H20Br2Cl2O2S2. The van der Waals surface area contributed by atoms with Crippen LogP contribution in [0, 0.1) is 0 Å². The molecule has 2 aromatic rings. The Morgan fingerprint density at radius 2 is 1.31 bits per heavy atom. The van der Waals surface area contributed by atoms with Gasteiger partial charge < -0.3 is 0 Å². The molecule has 2 aromatic carbocycles. The van der Waals surface area contributed by atoms with Gasteiger partial charge in [-0.1, -0.05) is 31.9 Å². The van der Waals surface area contributed by atoms with Gasteiger partial charge in [-0.15, -0.1) is 35.0 Å². The minimum atomic E-state index is -3.14. The minimum absolute atomic E-state index is 0.109. The maximum atomic E-state index is 11.6. The highest BCUT2D eigenvalue weighted by atomic mass is 79.9. The second kappa shape index (κ2) is 13.5. The van der Waals surface area contributed by atoms with Crippen LogP contribution in [0.1, 0.15) is 12.8 Å². The molecular weight excluding hydrogens is 543 g/mol. The van der Waals surface area contributed by atoms with E-state index in [1.807, 2.05) is 11.8 Å². The van der Waals surface area contributed by atoms with Gasteiger partial charge in [-0.25, -0.2) is 8.42 Å². The predicted molar refractivity (Wildman–Crippen MR) is 122 cm³/mol. The van der Waals surface area contributed by atoms with Gasteiger partial charge in [0, 0.05) is 25.6 Å². The lowest BCUT2D eigenvalue weighted by Crippen LogP contribution is -2.06. The Bertz CT molecular complexity index is 737. The van der Waals surface area contributed by atoms with Gasteiger partial charge in [0.15, 0.2) is 9.84 Å². The summed E-state index contributed by atoms with van der Waals surface area (Å²) < 4.78 is 25.3. The van der Waals surface area contributed by atoms with Crippen molar-refractivity contribution >= 4 is 76.7 Å². The Labute approximate surface area is 187 Å². The third-order valence-corrected chi connectivity index (χ3v) is 7.59. The number of hydrogen-bond acceptors (Lipinski definition) is 3. The van der Waals surface area contributed by atoms with Crippen molar-refractivity contribution in [3.05, 3.63) is 57.5 Å². The van der Waals surface area contributed by atoms with Crippen molar-refractivity contribution in [1.29, 1.82) is 0 Å². The summed E-state index contributed by atoms with van der Waals surface area (Å²) in [6.45, 7) is 0. The smallest absolute Gasteiger partial charge is 0.178 e. The average molecular weight is 563 g/mol. The van der Waals surface area contributed by atoms with Crippen molar-refractivity contribution in [1.82, 2.24) is 0 Å². The Hall–Kier alpha value is 0.280. The van der Waals surface area contributed by atoms with Gasteiger partial charge in [0.1, 0.15) is 0 Å². The van der Waals surface area contributed by atoms with Crippen LogP contribution < -0.4 is 0 Å². The zero-order valence-corrected chi connectivity index (χ0v) is 20.3. The molecule has 0 atom stereocenters. The standard InChI is InChI=1S/C9H10BrClO2S.C9H10BrClS/c10-8-2-4-9(5-3-8)14(12,13)7-1-6-11;10-8-2-4-9(5-3-8)12-7-1-6-11/h2-5H,1,6-7H2;2-5H,1,6-7H2. The van der Waals surface area contributed by atoms with Crippen LogP contribution in [-0.4, -0.2) is 31.7 Å². The highest BCUT2D eigenvalue weighted by Gasteiger charge is 2.12. The zero-order chi connectivity index (χ0) is 19.4. The molecule has 0 aliphatic carbocycles. The third kappa shape index (κ3) is 10.00. The molecule has 0 aliphatic rings. The molecule has 0 aliphatic heterocycles. The van der Waals surface area contributed by atoms with Crippen LogP contribution in [0.3, 0.4) is 0 Å². The summed E-state index contributed by atoms with van der Waals surface area (Å²) in [5.74, 6) is 2.34. The number of benzene rings is 2. The first-order valence-corrected chi connectivity index (χ1v) is 13.2. The molecule has 0 saturated heterocycles. The first-order chi connectivity index (χ1) is 12.4. The summed E-state index contributed by atoms with van der Waals surface area (Å²) >= 11 is 19.5. The molecule has 8 heteroatoms. The number of hydrogen-bond donors (Lipinski definition) is 0. The van der Waals surface area contributed by atoms with E-state index in [2.05, 4.69) is 56.1 Å². The Morgan fingerprint density at radius 3 is 1.81 bits per heavy atom. The number of halogens is 4. The van der Waals surface area contributed by atoms with Crippen molar-refractivity contribution in [2.45, 2.75) is 22.6 Å². The van der Waals surface area contributed by atoms with Gasteiger partial charge in [-0.05, 0) is 67.1 Å². The van der Waals surface area contributed by atoms with Crippen molar-refractivity contribution in [2.75, 3.05) is 23.3 Å². The molecule has 0 radical (unpaired) electrons. The molecule has 0 amide bonds. The molecule has 0 fully saturated rings. The van der Waals surface area contributed by atoms with Crippen molar-refractivity contribution < 1.29 is 8.42 Å². The third-order valence-electron chi connectivity index (χ3n) is 3.08. The zero-order valence-electron chi connectivity index (χ0n) is 14.0. The highest BCUT2D eigenvalue weighted by Crippen LogP contribution is 2.21. The summed E-state index contributed by atoms with van der Waals surface area (Å²) in [6.07, 6.45) is 1.56. The molecule has 0 unspecified atom stereocenters. The first-order valence-electron chi connectivity index (χ1n) is 7.87. The van der Waals surface area contributed by atoms with E-state index in [4.69, 9.17) is 23.2 Å². The molecule has 26 heavy (non-hydrogen) atoms. The lowest BCUT2D eigenvalue weighted by Gasteiger charge is -2.02. The molecule has 0 spiro atoms. The monoisotopic (exact) mass is 560 g/mol. The molecule has 2 nitrogen and oxygen atoms in total. The fraction of sp³-hybridized carbons (Fsp3) is 0.333. The van der Waals surface area contributed by atoms with E-state index in [0.717, 1.165) is 27.0 Å². The van der Waals surface area contributed by atoms with E-state index >= 15 is 0 Å². The van der Waals surface area contributed by atoms with Crippen molar-refractivity contribution in [3.8, 4) is 0 Å². The lowest BCUT2D eigenvalue weighted by atomic mass is 10.4. The molecule has 0 N–H and O–H groups in total. The van der Waals surface area contributed by atoms with Crippen LogP contribution in [0.25, 0.3) is 0 Å². The molecule has 0 saturated carbocycles.